The van der Waals surface area contributed by atoms with Gasteiger partial charge in [-0.2, -0.15) is 0 Å². The Morgan fingerprint density at radius 1 is 1.17 bits per heavy atom. The first-order chi connectivity index (χ1) is 14.5. The number of nitrogens with one attached hydrogen (secondary N) is 1. The van der Waals surface area contributed by atoms with Crippen LogP contribution < -0.4 is 10.2 Å². The van der Waals surface area contributed by atoms with Crippen LogP contribution in [0, 0.1) is 0 Å². The maximum atomic E-state index is 12.8. The van der Waals surface area contributed by atoms with Gasteiger partial charge in [-0.1, -0.05) is 12.1 Å². The zero-order valence-corrected chi connectivity index (χ0v) is 17.8. The van der Waals surface area contributed by atoms with Gasteiger partial charge < -0.3 is 19.5 Å². The Morgan fingerprint density at radius 3 is 2.57 bits per heavy atom. The number of fused-ring (bicyclic) bond motifs is 1. The molecule has 4 rings (SSSR count). The van der Waals surface area contributed by atoms with Gasteiger partial charge in [-0.3, -0.25) is 9.69 Å². The maximum absolute atomic E-state index is 12.8. The number of carbonyl (C=O) groups is 1. The van der Waals surface area contributed by atoms with Gasteiger partial charge in [0.25, 0.3) is 0 Å². The molecular weight excluding hydrogens is 378 g/mol. The highest BCUT2D eigenvalue weighted by Crippen LogP contribution is 2.20. The molecule has 2 aromatic carbocycles. The summed E-state index contributed by atoms with van der Waals surface area (Å²) in [6, 6.07) is 15.8. The maximum Gasteiger partial charge on any atom is 0.241 e. The monoisotopic (exact) mass is 407 g/mol. The second-order valence-corrected chi connectivity index (χ2v) is 7.80. The minimum atomic E-state index is -0.288. The number of rotatable bonds is 6. The summed E-state index contributed by atoms with van der Waals surface area (Å²) in [5.41, 5.74) is 4.03. The Morgan fingerprint density at radius 2 is 1.87 bits per heavy atom. The van der Waals surface area contributed by atoms with E-state index in [-0.39, 0.29) is 11.9 Å². The second-order valence-electron chi connectivity index (χ2n) is 7.80. The van der Waals surface area contributed by atoms with Crippen LogP contribution in [0.3, 0.4) is 0 Å². The highest BCUT2D eigenvalue weighted by atomic mass is 16.5. The number of imidazole rings is 1. The number of hydrogen-bond acceptors (Lipinski definition) is 5. The van der Waals surface area contributed by atoms with E-state index in [9.17, 15) is 4.79 Å². The molecule has 30 heavy (non-hydrogen) atoms. The summed E-state index contributed by atoms with van der Waals surface area (Å²) < 4.78 is 7.49. The fraction of sp³-hybridized carbons (Fsp3) is 0.391. The van der Waals surface area contributed by atoms with Crippen molar-refractivity contribution in [2.75, 3.05) is 43.6 Å². The lowest BCUT2D eigenvalue weighted by Crippen LogP contribution is -2.39. The van der Waals surface area contributed by atoms with Gasteiger partial charge in [-0.25, -0.2) is 4.98 Å². The molecule has 0 unspecified atom stereocenters. The van der Waals surface area contributed by atoms with E-state index in [1.807, 2.05) is 56.3 Å². The molecule has 1 aliphatic rings. The molecule has 1 N–H and O–H groups in total. The van der Waals surface area contributed by atoms with Crippen molar-refractivity contribution in [3.63, 3.8) is 0 Å². The zero-order valence-electron chi connectivity index (χ0n) is 17.8. The predicted octanol–water partition coefficient (Wildman–Crippen LogP) is 2.87. The predicted molar refractivity (Wildman–Crippen MR) is 120 cm³/mol. The first-order valence-corrected chi connectivity index (χ1v) is 10.4. The minimum absolute atomic E-state index is 0.0320. The van der Waals surface area contributed by atoms with Gasteiger partial charge in [0, 0.05) is 31.5 Å². The standard InChI is InChI=1S/C23H29N5O2/c1-17(26(2)16-22-25-20-6-4-5-7-21(20)27(22)3)23(29)24-18-8-10-19(11-9-18)28-12-14-30-15-13-28/h4-11,17H,12-16H2,1-3H3,(H,24,29)/t17-/m0/s1. The molecule has 7 heteroatoms. The van der Waals surface area contributed by atoms with Crippen LogP contribution in [0.5, 0.6) is 0 Å². The van der Waals surface area contributed by atoms with Crippen LogP contribution in [0.4, 0.5) is 11.4 Å². The summed E-state index contributed by atoms with van der Waals surface area (Å²) in [6.07, 6.45) is 0. The van der Waals surface area contributed by atoms with Crippen LogP contribution >= 0.6 is 0 Å². The fourth-order valence-electron chi connectivity index (χ4n) is 3.72. The molecule has 1 aliphatic heterocycles. The summed E-state index contributed by atoms with van der Waals surface area (Å²) in [5, 5.41) is 3.03. The first-order valence-electron chi connectivity index (χ1n) is 10.4. The van der Waals surface area contributed by atoms with Crippen LogP contribution in [-0.2, 0) is 23.1 Å². The van der Waals surface area contributed by atoms with Crippen LogP contribution in [0.25, 0.3) is 11.0 Å². The molecule has 0 radical (unpaired) electrons. The molecule has 0 aliphatic carbocycles. The van der Waals surface area contributed by atoms with Crippen molar-refractivity contribution in [2.24, 2.45) is 7.05 Å². The van der Waals surface area contributed by atoms with Gasteiger partial charge in [-0.05, 0) is 50.4 Å². The Balaban J connectivity index is 1.37. The van der Waals surface area contributed by atoms with Crippen molar-refractivity contribution in [1.29, 1.82) is 0 Å². The summed E-state index contributed by atoms with van der Waals surface area (Å²) in [7, 11) is 3.96. The lowest BCUT2D eigenvalue weighted by atomic mass is 10.2. The average molecular weight is 408 g/mol. The van der Waals surface area contributed by atoms with Gasteiger partial charge in [-0.15, -0.1) is 0 Å². The molecule has 0 bridgehead atoms. The number of anilines is 2. The van der Waals surface area contributed by atoms with E-state index in [1.54, 1.807) is 0 Å². The number of aryl methyl sites for hydroxylation is 1. The van der Waals surface area contributed by atoms with Crippen molar-refractivity contribution in [3.05, 3.63) is 54.4 Å². The third-order valence-electron chi connectivity index (χ3n) is 5.82. The molecule has 2 heterocycles. The summed E-state index contributed by atoms with van der Waals surface area (Å²) in [5.74, 6) is 0.906. The smallest absolute Gasteiger partial charge is 0.241 e. The molecule has 1 amide bonds. The highest BCUT2D eigenvalue weighted by molar-refractivity contribution is 5.94. The lowest BCUT2D eigenvalue weighted by Gasteiger charge is -2.29. The zero-order chi connectivity index (χ0) is 21.1. The van der Waals surface area contributed by atoms with Gasteiger partial charge in [0.15, 0.2) is 0 Å². The van der Waals surface area contributed by atoms with Crippen molar-refractivity contribution >= 4 is 28.3 Å². The number of benzene rings is 2. The van der Waals surface area contributed by atoms with Crippen molar-refractivity contribution in [3.8, 4) is 0 Å². The topological polar surface area (TPSA) is 62.6 Å². The number of hydrogen-bond donors (Lipinski definition) is 1. The molecule has 1 aromatic heterocycles. The molecule has 0 spiro atoms. The average Bonchev–Trinajstić information content (AvgIpc) is 3.09. The molecular formula is C23H29N5O2. The van der Waals surface area contributed by atoms with E-state index in [1.165, 1.54) is 0 Å². The molecule has 0 saturated carbocycles. The minimum Gasteiger partial charge on any atom is -0.378 e. The third-order valence-corrected chi connectivity index (χ3v) is 5.82. The quantitative estimate of drug-likeness (QED) is 0.681. The number of carbonyl (C=O) groups excluding carboxylic acids is 1. The van der Waals surface area contributed by atoms with E-state index in [0.717, 1.165) is 54.5 Å². The first kappa shape index (κ1) is 20.4. The Kier molecular flexibility index (Phi) is 6.01. The third kappa shape index (κ3) is 4.32. The summed E-state index contributed by atoms with van der Waals surface area (Å²) in [4.78, 5) is 21.8. The number of ether oxygens (including phenoxy) is 1. The Bertz CT molecular complexity index is 1010. The number of nitrogens with zero attached hydrogens (tertiary/aromatic N) is 4. The van der Waals surface area contributed by atoms with E-state index in [2.05, 4.69) is 33.0 Å². The molecule has 1 atom stereocenters. The van der Waals surface area contributed by atoms with Crippen molar-refractivity contribution in [1.82, 2.24) is 14.5 Å². The van der Waals surface area contributed by atoms with Crippen molar-refractivity contribution < 1.29 is 9.53 Å². The number of aromatic nitrogens is 2. The largest absolute Gasteiger partial charge is 0.378 e. The molecule has 7 nitrogen and oxygen atoms in total. The molecule has 3 aromatic rings. The fourth-order valence-corrected chi connectivity index (χ4v) is 3.72. The van der Waals surface area contributed by atoms with Gasteiger partial charge >= 0.3 is 0 Å². The van der Waals surface area contributed by atoms with E-state index in [0.29, 0.717) is 6.54 Å². The SMILES string of the molecule is C[C@@H](C(=O)Nc1ccc(N2CCOCC2)cc1)N(C)Cc1nc2ccccc2n1C. The van der Waals surface area contributed by atoms with Crippen LogP contribution in [0.1, 0.15) is 12.7 Å². The second kappa shape index (κ2) is 8.85. The molecule has 158 valence electrons. The lowest BCUT2D eigenvalue weighted by molar-refractivity contribution is -0.120. The summed E-state index contributed by atoms with van der Waals surface area (Å²) >= 11 is 0. The number of likely N-dealkylation sites (N-methyl/N-ethyl adjacent to an activating group) is 1. The van der Waals surface area contributed by atoms with E-state index >= 15 is 0 Å². The number of morpholine rings is 1. The molecule has 1 saturated heterocycles. The number of amides is 1. The normalized spacial score (nSPS) is 15.5. The van der Waals surface area contributed by atoms with Gasteiger partial charge in [0.2, 0.25) is 5.91 Å². The Labute approximate surface area is 177 Å². The molecule has 1 fully saturated rings. The van der Waals surface area contributed by atoms with Crippen LogP contribution in [0.2, 0.25) is 0 Å². The van der Waals surface area contributed by atoms with Crippen LogP contribution in [0.15, 0.2) is 48.5 Å². The number of para-hydroxylation sites is 2. The van der Waals surface area contributed by atoms with Crippen molar-refractivity contribution in [2.45, 2.75) is 19.5 Å². The summed E-state index contributed by atoms with van der Waals surface area (Å²) in [6.45, 7) is 5.82. The Hall–Kier alpha value is -2.90. The van der Waals surface area contributed by atoms with E-state index in [4.69, 9.17) is 9.72 Å². The van der Waals surface area contributed by atoms with E-state index < -0.39 is 0 Å². The van der Waals surface area contributed by atoms with Gasteiger partial charge in [0.05, 0.1) is 36.8 Å². The highest BCUT2D eigenvalue weighted by Gasteiger charge is 2.20. The van der Waals surface area contributed by atoms with Crippen LogP contribution in [-0.4, -0.2) is 59.8 Å². The van der Waals surface area contributed by atoms with Gasteiger partial charge in [0.1, 0.15) is 5.82 Å².